The van der Waals surface area contributed by atoms with Gasteiger partial charge < -0.3 is 10.7 Å². The second kappa shape index (κ2) is 6.80. The van der Waals surface area contributed by atoms with Gasteiger partial charge in [0.2, 0.25) is 0 Å². The van der Waals surface area contributed by atoms with Gasteiger partial charge in [0.05, 0.1) is 0 Å². The highest BCUT2D eigenvalue weighted by Crippen LogP contribution is 2.24. The van der Waals surface area contributed by atoms with Gasteiger partial charge in [0, 0.05) is 12.6 Å². The molecule has 1 heterocycles. The van der Waals surface area contributed by atoms with Crippen molar-refractivity contribution in [2.75, 3.05) is 23.5 Å². The maximum atomic E-state index is 5.40. The maximum Gasteiger partial charge on any atom is 0.191 e. The first kappa shape index (κ1) is 13.4. The fourth-order valence-corrected chi connectivity index (χ4v) is 2.70. The van der Waals surface area contributed by atoms with E-state index in [4.69, 9.17) is 5.84 Å². The number of thioether (sulfide) groups is 1. The largest absolute Gasteiger partial charge is 0.370 e. The van der Waals surface area contributed by atoms with Gasteiger partial charge in [-0.2, -0.15) is 0 Å². The predicted octanol–water partition coefficient (Wildman–Crippen LogP) is 2.48. The number of hydrogen-bond acceptors (Lipinski definition) is 6. The van der Waals surface area contributed by atoms with Gasteiger partial charge in [-0.3, -0.25) is 0 Å². The van der Waals surface area contributed by atoms with Gasteiger partial charge >= 0.3 is 0 Å². The van der Waals surface area contributed by atoms with Crippen molar-refractivity contribution in [1.29, 1.82) is 0 Å². The van der Waals surface area contributed by atoms with Crippen molar-refractivity contribution in [1.82, 2.24) is 9.97 Å². The van der Waals surface area contributed by atoms with Crippen LogP contribution < -0.4 is 16.6 Å². The lowest BCUT2D eigenvalue weighted by molar-refractivity contribution is 0.373. The van der Waals surface area contributed by atoms with Crippen LogP contribution in [0.1, 0.15) is 32.1 Å². The van der Waals surface area contributed by atoms with Gasteiger partial charge in [0.25, 0.3) is 0 Å². The van der Waals surface area contributed by atoms with Crippen molar-refractivity contribution < 1.29 is 0 Å². The topological polar surface area (TPSA) is 75.9 Å². The average molecular weight is 267 g/mol. The number of nitrogen functional groups attached to an aromatic ring is 1. The number of hydrogen-bond donors (Lipinski definition) is 3. The molecule has 0 aliphatic heterocycles. The summed E-state index contributed by atoms with van der Waals surface area (Å²) in [4.78, 5) is 8.67. The Labute approximate surface area is 112 Å². The molecule has 0 unspecified atom stereocenters. The lowest BCUT2D eigenvalue weighted by atomic mass is 9.89. The molecule has 4 N–H and O–H groups in total. The predicted molar refractivity (Wildman–Crippen MR) is 76.7 cm³/mol. The van der Waals surface area contributed by atoms with Crippen molar-refractivity contribution in [3.05, 3.63) is 6.07 Å². The number of nitrogens with one attached hydrogen (secondary N) is 2. The molecule has 1 aromatic rings. The number of hydrazine groups is 1. The number of nitrogens with zero attached hydrogens (tertiary/aromatic N) is 2. The van der Waals surface area contributed by atoms with E-state index in [1.165, 1.54) is 43.9 Å². The highest BCUT2D eigenvalue weighted by Gasteiger charge is 2.13. The quantitative estimate of drug-likeness (QED) is 0.329. The van der Waals surface area contributed by atoms with Gasteiger partial charge in [-0.15, -0.1) is 0 Å². The average Bonchev–Trinajstić information content (AvgIpc) is 2.45. The van der Waals surface area contributed by atoms with Crippen LogP contribution in [-0.2, 0) is 0 Å². The zero-order valence-corrected chi connectivity index (χ0v) is 11.6. The molecule has 2 rings (SSSR count). The number of anilines is 2. The molecular weight excluding hydrogens is 246 g/mol. The third kappa shape index (κ3) is 3.74. The minimum Gasteiger partial charge on any atom is -0.370 e. The van der Waals surface area contributed by atoms with Crippen LogP contribution in [0.25, 0.3) is 0 Å². The number of rotatable bonds is 5. The maximum absolute atomic E-state index is 5.40. The van der Waals surface area contributed by atoms with Crippen molar-refractivity contribution in [3.63, 3.8) is 0 Å². The Kier molecular flexibility index (Phi) is 5.07. The molecule has 0 radical (unpaired) electrons. The minimum atomic E-state index is 0.653. The van der Waals surface area contributed by atoms with Gasteiger partial charge in [0.15, 0.2) is 5.16 Å². The SMILES string of the molecule is CSc1nc(NN)cc(NCC2CCCCC2)n1. The van der Waals surface area contributed by atoms with E-state index in [1.54, 1.807) is 0 Å². The summed E-state index contributed by atoms with van der Waals surface area (Å²) in [7, 11) is 0. The van der Waals surface area contributed by atoms with Gasteiger partial charge in [-0.25, -0.2) is 15.8 Å². The molecule has 1 fully saturated rings. The summed E-state index contributed by atoms with van der Waals surface area (Å²) in [5.74, 6) is 7.69. The fraction of sp³-hybridized carbons (Fsp3) is 0.667. The van der Waals surface area contributed by atoms with Crippen molar-refractivity contribution in [3.8, 4) is 0 Å². The van der Waals surface area contributed by atoms with Crippen LogP contribution in [-0.4, -0.2) is 22.8 Å². The van der Waals surface area contributed by atoms with E-state index in [2.05, 4.69) is 20.7 Å². The molecule has 0 bridgehead atoms. The van der Waals surface area contributed by atoms with E-state index in [9.17, 15) is 0 Å². The van der Waals surface area contributed by atoms with Crippen molar-refractivity contribution in [2.45, 2.75) is 37.3 Å². The van der Waals surface area contributed by atoms with Gasteiger partial charge in [-0.05, 0) is 25.0 Å². The zero-order valence-electron chi connectivity index (χ0n) is 10.8. The molecule has 1 aromatic heterocycles. The van der Waals surface area contributed by atoms with E-state index in [0.29, 0.717) is 5.82 Å². The molecule has 100 valence electrons. The molecule has 6 heteroatoms. The molecule has 0 amide bonds. The molecule has 0 saturated heterocycles. The lowest BCUT2D eigenvalue weighted by Gasteiger charge is -2.22. The molecule has 0 spiro atoms. The van der Waals surface area contributed by atoms with Crippen molar-refractivity contribution in [2.24, 2.45) is 11.8 Å². The summed E-state index contributed by atoms with van der Waals surface area (Å²) < 4.78 is 0. The molecule has 5 nitrogen and oxygen atoms in total. The summed E-state index contributed by atoms with van der Waals surface area (Å²) >= 11 is 1.52. The summed E-state index contributed by atoms with van der Waals surface area (Å²) in [6.45, 7) is 0.995. The Morgan fingerprint density at radius 3 is 2.67 bits per heavy atom. The van der Waals surface area contributed by atoms with E-state index >= 15 is 0 Å². The Bertz CT molecular complexity index is 356. The fourth-order valence-electron chi connectivity index (χ4n) is 2.32. The van der Waals surface area contributed by atoms with Crippen LogP contribution >= 0.6 is 11.8 Å². The number of nitrogens with two attached hydrogens (primary N) is 1. The third-order valence-corrected chi connectivity index (χ3v) is 3.88. The van der Waals surface area contributed by atoms with E-state index in [1.807, 2.05) is 12.3 Å². The molecule has 0 atom stereocenters. The van der Waals surface area contributed by atoms with Gasteiger partial charge in [-0.1, -0.05) is 31.0 Å². The molecule has 18 heavy (non-hydrogen) atoms. The van der Waals surface area contributed by atoms with Crippen LogP contribution in [0.2, 0.25) is 0 Å². The number of aromatic nitrogens is 2. The van der Waals surface area contributed by atoms with Crippen LogP contribution in [0.4, 0.5) is 11.6 Å². The van der Waals surface area contributed by atoms with Gasteiger partial charge in [0.1, 0.15) is 11.6 Å². The van der Waals surface area contributed by atoms with E-state index < -0.39 is 0 Å². The smallest absolute Gasteiger partial charge is 0.191 e. The summed E-state index contributed by atoms with van der Waals surface area (Å²) in [5.41, 5.74) is 2.58. The molecule has 1 saturated carbocycles. The second-order valence-electron chi connectivity index (χ2n) is 4.65. The zero-order chi connectivity index (χ0) is 12.8. The third-order valence-electron chi connectivity index (χ3n) is 3.33. The first-order valence-corrected chi connectivity index (χ1v) is 7.68. The monoisotopic (exact) mass is 267 g/mol. The van der Waals surface area contributed by atoms with Crippen molar-refractivity contribution >= 4 is 23.4 Å². The lowest BCUT2D eigenvalue weighted by Crippen LogP contribution is -2.18. The Morgan fingerprint density at radius 1 is 1.28 bits per heavy atom. The Balaban J connectivity index is 1.94. The van der Waals surface area contributed by atoms with E-state index in [-0.39, 0.29) is 0 Å². The highest BCUT2D eigenvalue weighted by molar-refractivity contribution is 7.98. The Hall–Kier alpha value is -1.01. The first-order valence-electron chi connectivity index (χ1n) is 6.45. The molecule has 1 aliphatic rings. The first-order chi connectivity index (χ1) is 8.81. The molecular formula is C12H21N5S. The van der Waals surface area contributed by atoms with Crippen LogP contribution in [0.3, 0.4) is 0 Å². The molecule has 1 aliphatic carbocycles. The normalized spacial score (nSPS) is 16.6. The van der Waals surface area contributed by atoms with Crippen LogP contribution in [0.5, 0.6) is 0 Å². The second-order valence-corrected chi connectivity index (χ2v) is 5.43. The minimum absolute atomic E-state index is 0.653. The van der Waals surface area contributed by atoms with Crippen LogP contribution in [0, 0.1) is 5.92 Å². The van der Waals surface area contributed by atoms with Crippen LogP contribution in [0.15, 0.2) is 11.2 Å². The Morgan fingerprint density at radius 2 is 2.00 bits per heavy atom. The van der Waals surface area contributed by atoms with E-state index in [0.717, 1.165) is 23.4 Å². The standard InChI is InChI=1S/C12H21N5S/c1-18-12-15-10(7-11(16-12)17-13)14-8-9-5-3-2-4-6-9/h7,9H,2-6,8,13H2,1H3,(H2,14,15,16,17). The highest BCUT2D eigenvalue weighted by atomic mass is 32.2. The summed E-state index contributed by atoms with van der Waals surface area (Å²) in [6, 6.07) is 1.85. The molecule has 0 aromatic carbocycles. The summed E-state index contributed by atoms with van der Waals surface area (Å²) in [6.07, 6.45) is 8.73. The summed E-state index contributed by atoms with van der Waals surface area (Å²) in [5, 5.41) is 4.14.